The summed E-state index contributed by atoms with van der Waals surface area (Å²) >= 11 is 0. The molecular formula is C20H28N2O2Si. The van der Waals surface area contributed by atoms with E-state index in [4.69, 9.17) is 4.74 Å². The SMILES string of the molecule is COc1c(C#C[Si](C)(C)C)cc(N2C=CC(=O)NC2)cc1C(C)(C)C. The summed E-state index contributed by atoms with van der Waals surface area (Å²) in [6, 6.07) is 4.17. The van der Waals surface area contributed by atoms with Gasteiger partial charge >= 0.3 is 0 Å². The number of hydrogen-bond acceptors (Lipinski definition) is 3. The van der Waals surface area contributed by atoms with Gasteiger partial charge in [0.25, 0.3) is 0 Å². The third-order valence-corrected chi connectivity index (χ3v) is 4.69. The van der Waals surface area contributed by atoms with E-state index in [0.29, 0.717) is 6.67 Å². The molecule has 0 atom stereocenters. The van der Waals surface area contributed by atoms with Crippen LogP contribution in [0.25, 0.3) is 0 Å². The summed E-state index contributed by atoms with van der Waals surface area (Å²) in [6.45, 7) is 13.6. The molecule has 134 valence electrons. The average molecular weight is 357 g/mol. The first-order valence-electron chi connectivity index (χ1n) is 8.49. The second kappa shape index (κ2) is 6.97. The van der Waals surface area contributed by atoms with E-state index in [1.54, 1.807) is 7.11 Å². The minimum Gasteiger partial charge on any atom is -0.495 e. The van der Waals surface area contributed by atoms with E-state index in [0.717, 1.165) is 22.6 Å². The van der Waals surface area contributed by atoms with E-state index < -0.39 is 8.07 Å². The molecule has 0 saturated heterocycles. The molecule has 1 amide bonds. The lowest BCUT2D eigenvalue weighted by molar-refractivity contribution is -0.116. The van der Waals surface area contributed by atoms with Gasteiger partial charge in [-0.1, -0.05) is 46.3 Å². The Balaban J connectivity index is 2.63. The first-order chi connectivity index (χ1) is 11.5. The van der Waals surface area contributed by atoms with Gasteiger partial charge in [-0.05, 0) is 17.5 Å². The van der Waals surface area contributed by atoms with Gasteiger partial charge in [-0.3, -0.25) is 4.79 Å². The molecule has 0 bridgehead atoms. The van der Waals surface area contributed by atoms with Crippen molar-refractivity contribution in [1.29, 1.82) is 0 Å². The number of amides is 1. The Kier molecular flexibility index (Phi) is 5.33. The van der Waals surface area contributed by atoms with Crippen LogP contribution in [-0.2, 0) is 10.2 Å². The van der Waals surface area contributed by atoms with Gasteiger partial charge in [0, 0.05) is 23.5 Å². The molecule has 25 heavy (non-hydrogen) atoms. The van der Waals surface area contributed by atoms with Gasteiger partial charge in [0.2, 0.25) is 5.91 Å². The Morgan fingerprint density at radius 1 is 1.24 bits per heavy atom. The normalized spacial score (nSPS) is 14.7. The molecule has 0 fully saturated rings. The molecule has 0 aromatic heterocycles. The van der Waals surface area contributed by atoms with Gasteiger partial charge in [-0.2, -0.15) is 0 Å². The number of carbonyl (C=O) groups is 1. The predicted molar refractivity (Wildman–Crippen MR) is 107 cm³/mol. The van der Waals surface area contributed by atoms with Crippen LogP contribution in [0.5, 0.6) is 5.75 Å². The Hall–Kier alpha value is -2.19. The highest BCUT2D eigenvalue weighted by Gasteiger charge is 2.24. The Bertz CT molecular complexity index is 759. The smallest absolute Gasteiger partial charge is 0.246 e. The Morgan fingerprint density at radius 2 is 1.92 bits per heavy atom. The zero-order valence-corrected chi connectivity index (χ0v) is 17.3. The van der Waals surface area contributed by atoms with Gasteiger partial charge in [-0.15, -0.1) is 5.54 Å². The maximum atomic E-state index is 11.4. The topological polar surface area (TPSA) is 41.6 Å². The molecule has 4 nitrogen and oxygen atoms in total. The quantitative estimate of drug-likeness (QED) is 0.650. The lowest BCUT2D eigenvalue weighted by Gasteiger charge is -2.29. The highest BCUT2D eigenvalue weighted by Crippen LogP contribution is 2.37. The van der Waals surface area contributed by atoms with E-state index in [1.807, 2.05) is 17.2 Å². The minimum absolute atomic E-state index is 0.0699. The van der Waals surface area contributed by atoms with E-state index in [1.165, 1.54) is 6.08 Å². The van der Waals surface area contributed by atoms with Crippen molar-refractivity contribution in [2.45, 2.75) is 45.8 Å². The van der Waals surface area contributed by atoms with Crippen LogP contribution >= 0.6 is 0 Å². The second-order valence-electron chi connectivity index (χ2n) is 8.31. The van der Waals surface area contributed by atoms with Crippen molar-refractivity contribution < 1.29 is 9.53 Å². The van der Waals surface area contributed by atoms with Crippen LogP contribution in [0.3, 0.4) is 0 Å². The standard InChI is InChI=1S/C20H28N2O2Si/c1-20(2,3)17-13-16(22-10-8-18(23)21-14-22)12-15(19(17)24-4)9-11-25(5,6)7/h8,10,12-13H,14H2,1-7H3,(H,21,23). The predicted octanol–water partition coefficient (Wildman–Crippen LogP) is 3.63. The number of methoxy groups -OCH3 is 1. The largest absolute Gasteiger partial charge is 0.495 e. The molecular weight excluding hydrogens is 328 g/mol. The van der Waals surface area contributed by atoms with Crippen molar-refractivity contribution >= 4 is 19.7 Å². The Morgan fingerprint density at radius 3 is 2.40 bits per heavy atom. The molecule has 0 radical (unpaired) electrons. The molecule has 0 unspecified atom stereocenters. The summed E-state index contributed by atoms with van der Waals surface area (Å²) in [5, 5.41) is 2.83. The third kappa shape index (κ3) is 4.89. The lowest BCUT2D eigenvalue weighted by Crippen LogP contribution is -2.38. The zero-order valence-electron chi connectivity index (χ0n) is 16.3. The van der Waals surface area contributed by atoms with Gasteiger partial charge in [0.1, 0.15) is 13.8 Å². The van der Waals surface area contributed by atoms with E-state index in [-0.39, 0.29) is 11.3 Å². The molecule has 1 N–H and O–H groups in total. The average Bonchev–Trinajstić information content (AvgIpc) is 2.51. The van der Waals surface area contributed by atoms with E-state index in [9.17, 15) is 4.79 Å². The van der Waals surface area contributed by atoms with Crippen molar-refractivity contribution in [2.75, 3.05) is 18.7 Å². The number of nitrogens with one attached hydrogen (secondary N) is 1. The van der Waals surface area contributed by atoms with Gasteiger partial charge in [0.15, 0.2) is 0 Å². The molecule has 0 aliphatic carbocycles. The first kappa shape index (κ1) is 19.1. The van der Waals surface area contributed by atoms with Crippen LogP contribution in [0.4, 0.5) is 5.69 Å². The number of ether oxygens (including phenoxy) is 1. The highest BCUT2D eigenvalue weighted by molar-refractivity contribution is 6.83. The number of anilines is 1. The van der Waals surface area contributed by atoms with Gasteiger partial charge in [0.05, 0.1) is 19.3 Å². The minimum atomic E-state index is -1.51. The number of rotatable bonds is 2. The summed E-state index contributed by atoms with van der Waals surface area (Å²) in [5.41, 5.74) is 6.36. The summed E-state index contributed by atoms with van der Waals surface area (Å²) in [7, 11) is 0.193. The van der Waals surface area contributed by atoms with E-state index >= 15 is 0 Å². The fourth-order valence-corrected chi connectivity index (χ4v) is 3.02. The summed E-state index contributed by atoms with van der Waals surface area (Å²) in [5.74, 6) is 4.12. The van der Waals surface area contributed by atoms with E-state index in [2.05, 4.69) is 63.3 Å². The van der Waals surface area contributed by atoms with Crippen LogP contribution in [0.1, 0.15) is 31.9 Å². The van der Waals surface area contributed by atoms with Crippen molar-refractivity contribution in [1.82, 2.24) is 5.32 Å². The van der Waals surface area contributed by atoms with Crippen LogP contribution in [0, 0.1) is 11.5 Å². The molecule has 5 heteroatoms. The fourth-order valence-electron chi connectivity index (χ4n) is 2.51. The van der Waals surface area contributed by atoms with Crippen molar-refractivity contribution in [2.24, 2.45) is 0 Å². The number of hydrogen-bond donors (Lipinski definition) is 1. The van der Waals surface area contributed by atoms with Crippen LogP contribution in [0.15, 0.2) is 24.4 Å². The molecule has 1 aliphatic rings. The van der Waals surface area contributed by atoms with Gasteiger partial charge < -0.3 is 15.0 Å². The summed E-state index contributed by atoms with van der Waals surface area (Å²) < 4.78 is 5.73. The molecule has 1 aliphatic heterocycles. The highest BCUT2D eigenvalue weighted by atomic mass is 28.3. The molecule has 2 rings (SSSR count). The van der Waals surface area contributed by atoms with Crippen molar-refractivity contribution in [3.05, 3.63) is 35.5 Å². The van der Waals surface area contributed by atoms with Crippen LogP contribution < -0.4 is 15.0 Å². The van der Waals surface area contributed by atoms with Crippen molar-refractivity contribution in [3.63, 3.8) is 0 Å². The molecule has 0 spiro atoms. The number of benzene rings is 1. The molecule has 1 aromatic rings. The number of carbonyl (C=O) groups excluding carboxylic acids is 1. The van der Waals surface area contributed by atoms with Crippen LogP contribution in [0.2, 0.25) is 19.6 Å². The fraction of sp³-hybridized carbons (Fsp3) is 0.450. The molecule has 1 aromatic carbocycles. The lowest BCUT2D eigenvalue weighted by atomic mass is 9.84. The summed E-state index contributed by atoms with van der Waals surface area (Å²) in [6.07, 6.45) is 3.35. The number of nitrogens with zero attached hydrogens (tertiary/aromatic N) is 1. The molecule has 0 saturated carbocycles. The van der Waals surface area contributed by atoms with Gasteiger partial charge in [-0.25, -0.2) is 0 Å². The Labute approximate surface area is 152 Å². The second-order valence-corrected chi connectivity index (χ2v) is 13.1. The van der Waals surface area contributed by atoms with Crippen molar-refractivity contribution in [3.8, 4) is 17.2 Å². The third-order valence-electron chi connectivity index (χ3n) is 3.82. The summed E-state index contributed by atoms with van der Waals surface area (Å²) in [4.78, 5) is 13.4. The first-order valence-corrected chi connectivity index (χ1v) is 12.0. The maximum absolute atomic E-state index is 11.4. The van der Waals surface area contributed by atoms with Crippen LogP contribution in [-0.4, -0.2) is 27.8 Å². The maximum Gasteiger partial charge on any atom is 0.246 e. The zero-order chi connectivity index (χ0) is 18.8. The molecule has 1 heterocycles. The monoisotopic (exact) mass is 356 g/mol.